The molecule has 0 heterocycles. The van der Waals surface area contributed by atoms with Crippen molar-refractivity contribution in [3.05, 3.63) is 65.2 Å². The van der Waals surface area contributed by atoms with Crippen LogP contribution in [0.1, 0.15) is 50.3 Å². The van der Waals surface area contributed by atoms with Crippen molar-refractivity contribution < 1.29 is 32.2 Å². The lowest BCUT2D eigenvalue weighted by molar-refractivity contribution is -0.0608. The molecule has 2 rings (SSSR count). The number of hydrogen-bond donors (Lipinski definition) is 0. The molecule has 35 heavy (non-hydrogen) atoms. The second-order valence-corrected chi connectivity index (χ2v) is 8.35. The Hall–Kier alpha value is -3.16. The van der Waals surface area contributed by atoms with Crippen LogP contribution in [0.4, 0.5) is 13.2 Å². The molecule has 8 heteroatoms. The van der Waals surface area contributed by atoms with Crippen molar-refractivity contribution in [2.45, 2.75) is 65.8 Å². The summed E-state index contributed by atoms with van der Waals surface area (Å²) in [6.45, 7) is 10.3. The van der Waals surface area contributed by atoms with Gasteiger partial charge in [-0.3, -0.25) is 0 Å². The second kappa shape index (κ2) is 13.1. The van der Waals surface area contributed by atoms with Crippen LogP contribution in [0.25, 0.3) is 0 Å². The maximum atomic E-state index is 13.2. The minimum atomic E-state index is -4.64. The molecule has 2 aromatic rings. The van der Waals surface area contributed by atoms with Gasteiger partial charge in [0.25, 0.3) is 0 Å². The Balaban J connectivity index is 1.95. The van der Waals surface area contributed by atoms with Crippen molar-refractivity contribution >= 4 is 5.71 Å². The number of rotatable bonds is 12. The average molecular weight is 494 g/mol. The van der Waals surface area contributed by atoms with Gasteiger partial charge in [-0.25, -0.2) is 0 Å². The lowest BCUT2D eigenvalue weighted by Gasteiger charge is -2.21. The standard InChI is InChI=1S/C27H34F3NO4/c1-7-8-14-33-24-15-18(2)25(19(3)16-24)35-21(5)13-12-20(4)34-23-11-9-10-22(17-23)26(31-32-6)27(28,29)30/h7-11,15-17,20-21H,12-14H2,1-6H3/b8-7+,31-26-. The van der Waals surface area contributed by atoms with Gasteiger partial charge in [-0.15, -0.1) is 0 Å². The van der Waals surface area contributed by atoms with Crippen LogP contribution in [0.3, 0.4) is 0 Å². The van der Waals surface area contributed by atoms with E-state index in [2.05, 4.69) is 9.99 Å². The van der Waals surface area contributed by atoms with Gasteiger partial charge in [-0.2, -0.15) is 13.2 Å². The molecule has 0 saturated carbocycles. The van der Waals surface area contributed by atoms with Gasteiger partial charge in [-0.1, -0.05) is 29.4 Å². The molecule has 0 aromatic heterocycles. The van der Waals surface area contributed by atoms with Crippen LogP contribution >= 0.6 is 0 Å². The van der Waals surface area contributed by atoms with Crippen molar-refractivity contribution in [1.29, 1.82) is 0 Å². The average Bonchev–Trinajstić information content (AvgIpc) is 2.78. The van der Waals surface area contributed by atoms with E-state index in [4.69, 9.17) is 14.2 Å². The molecule has 0 spiro atoms. The summed E-state index contributed by atoms with van der Waals surface area (Å²) in [6.07, 6.45) is 0.305. The fourth-order valence-electron chi connectivity index (χ4n) is 3.52. The lowest BCUT2D eigenvalue weighted by atomic mass is 10.1. The topological polar surface area (TPSA) is 49.3 Å². The van der Waals surface area contributed by atoms with Crippen LogP contribution < -0.4 is 14.2 Å². The van der Waals surface area contributed by atoms with Gasteiger partial charge in [0.05, 0.1) is 12.2 Å². The van der Waals surface area contributed by atoms with Crippen LogP contribution in [0, 0.1) is 13.8 Å². The van der Waals surface area contributed by atoms with Crippen molar-refractivity contribution in [3.8, 4) is 17.2 Å². The summed E-state index contributed by atoms with van der Waals surface area (Å²) in [5.41, 5.74) is 0.757. The zero-order valence-corrected chi connectivity index (χ0v) is 21.1. The molecule has 2 unspecified atom stereocenters. The molecule has 0 aliphatic rings. The van der Waals surface area contributed by atoms with E-state index < -0.39 is 11.9 Å². The zero-order chi connectivity index (χ0) is 26.0. The first-order valence-electron chi connectivity index (χ1n) is 11.5. The van der Waals surface area contributed by atoms with Crippen molar-refractivity contribution in [2.24, 2.45) is 5.16 Å². The van der Waals surface area contributed by atoms with Crippen LogP contribution in [0.15, 0.2) is 53.7 Å². The maximum Gasteiger partial charge on any atom is 0.437 e. The molecule has 2 atom stereocenters. The van der Waals surface area contributed by atoms with E-state index in [0.29, 0.717) is 25.2 Å². The van der Waals surface area contributed by atoms with Crippen LogP contribution in [0.5, 0.6) is 17.2 Å². The lowest BCUT2D eigenvalue weighted by Crippen LogP contribution is -2.24. The minimum absolute atomic E-state index is 0.0785. The molecule has 0 aliphatic heterocycles. The monoisotopic (exact) mass is 493 g/mol. The summed E-state index contributed by atoms with van der Waals surface area (Å²) in [7, 11) is 1.08. The molecule has 0 fully saturated rings. The Labute approximate surface area is 205 Å². The number of allylic oxidation sites excluding steroid dienone is 1. The molecule has 0 saturated heterocycles. The SMILES string of the molecule is C/C=C/COc1cc(C)c(OC(C)CCC(C)Oc2cccc(/C(=N/OC)C(F)(F)F)c2)c(C)c1. The summed E-state index contributed by atoms with van der Waals surface area (Å²) in [5.74, 6) is 1.96. The minimum Gasteiger partial charge on any atom is -0.491 e. The largest absolute Gasteiger partial charge is 0.491 e. The quantitative estimate of drug-likeness (QED) is 0.178. The van der Waals surface area contributed by atoms with Gasteiger partial charge in [0.2, 0.25) is 0 Å². The van der Waals surface area contributed by atoms with Gasteiger partial charge in [-0.05, 0) is 82.9 Å². The molecule has 0 N–H and O–H groups in total. The van der Waals surface area contributed by atoms with E-state index in [9.17, 15) is 13.2 Å². The Kier molecular flexibility index (Phi) is 10.5. The second-order valence-electron chi connectivity index (χ2n) is 8.35. The van der Waals surface area contributed by atoms with Crippen LogP contribution in [0.2, 0.25) is 0 Å². The molecule has 192 valence electrons. The number of oxime groups is 1. The van der Waals surface area contributed by atoms with Crippen molar-refractivity contribution in [1.82, 2.24) is 0 Å². The highest BCUT2D eigenvalue weighted by Gasteiger charge is 2.38. The van der Waals surface area contributed by atoms with E-state index in [0.717, 1.165) is 29.7 Å². The van der Waals surface area contributed by atoms with E-state index in [1.54, 1.807) is 6.07 Å². The third-order valence-electron chi connectivity index (χ3n) is 5.21. The smallest absolute Gasteiger partial charge is 0.437 e. The summed E-state index contributed by atoms with van der Waals surface area (Å²) in [5, 5.41) is 3.13. The molecule has 0 amide bonds. The number of halogens is 3. The highest BCUT2D eigenvalue weighted by Crippen LogP contribution is 2.30. The molecule has 0 radical (unpaired) electrons. The molecule has 5 nitrogen and oxygen atoms in total. The first-order valence-corrected chi connectivity index (χ1v) is 11.5. The van der Waals surface area contributed by atoms with E-state index in [-0.39, 0.29) is 17.8 Å². The van der Waals surface area contributed by atoms with Gasteiger partial charge in [0.1, 0.15) is 31.0 Å². The fraction of sp³-hybridized carbons (Fsp3) is 0.444. The highest BCUT2D eigenvalue weighted by atomic mass is 19.4. The number of ether oxygens (including phenoxy) is 3. The van der Waals surface area contributed by atoms with Gasteiger partial charge in [0, 0.05) is 5.56 Å². The maximum absolute atomic E-state index is 13.2. The Morgan fingerprint density at radius 3 is 2.17 bits per heavy atom. The predicted octanol–water partition coefficient (Wildman–Crippen LogP) is 7.19. The van der Waals surface area contributed by atoms with E-state index >= 15 is 0 Å². The molecule has 0 bridgehead atoms. The number of hydrogen-bond acceptors (Lipinski definition) is 5. The first kappa shape index (κ1) is 28.1. The third-order valence-corrected chi connectivity index (χ3v) is 5.21. The van der Waals surface area contributed by atoms with E-state index in [1.165, 1.54) is 18.2 Å². The molecular formula is C27H34F3NO4. The first-order chi connectivity index (χ1) is 16.5. The normalized spacial score (nSPS) is 14.0. The number of benzene rings is 2. The van der Waals surface area contributed by atoms with Gasteiger partial charge >= 0.3 is 6.18 Å². The molecular weight excluding hydrogens is 459 g/mol. The summed E-state index contributed by atoms with van der Waals surface area (Å²) in [4.78, 5) is 4.37. The van der Waals surface area contributed by atoms with Crippen molar-refractivity contribution in [2.75, 3.05) is 13.7 Å². The number of aryl methyl sites for hydroxylation is 2. The number of nitrogens with zero attached hydrogens (tertiary/aromatic N) is 1. The van der Waals surface area contributed by atoms with Gasteiger partial charge < -0.3 is 19.0 Å². The Morgan fingerprint density at radius 1 is 0.971 bits per heavy atom. The van der Waals surface area contributed by atoms with E-state index in [1.807, 2.05) is 58.9 Å². The molecule has 2 aromatic carbocycles. The Morgan fingerprint density at radius 2 is 1.60 bits per heavy atom. The summed E-state index contributed by atoms with van der Waals surface area (Å²) < 4.78 is 57.5. The predicted molar refractivity (Wildman–Crippen MR) is 132 cm³/mol. The molecule has 0 aliphatic carbocycles. The zero-order valence-electron chi connectivity index (χ0n) is 21.1. The highest BCUT2D eigenvalue weighted by molar-refractivity contribution is 6.04. The number of alkyl halides is 3. The third kappa shape index (κ3) is 8.85. The van der Waals surface area contributed by atoms with Crippen molar-refractivity contribution in [3.63, 3.8) is 0 Å². The van der Waals surface area contributed by atoms with Crippen LogP contribution in [-0.2, 0) is 4.84 Å². The Bertz CT molecular complexity index is 995. The fourth-order valence-corrected chi connectivity index (χ4v) is 3.52. The summed E-state index contributed by atoms with van der Waals surface area (Å²) in [6, 6.07) is 9.66. The van der Waals surface area contributed by atoms with Gasteiger partial charge in [0.15, 0.2) is 5.71 Å². The summed E-state index contributed by atoms with van der Waals surface area (Å²) >= 11 is 0. The van der Waals surface area contributed by atoms with Crippen LogP contribution in [-0.4, -0.2) is 37.8 Å².